The standard InChI is InChI=1S/C16H19N3O2S/c20-15-6-8-22-10-14(19-15)16(21)17-7-5-11-9-18-13-4-2-1-3-12(11)13/h1-4,9,14,18H,5-8,10H2,(H,17,21)(H,19,20). The molecule has 0 spiro atoms. The minimum Gasteiger partial charge on any atom is -0.361 e. The van der Waals surface area contributed by atoms with Gasteiger partial charge in [-0.3, -0.25) is 9.59 Å². The minimum absolute atomic E-state index is 0.0400. The van der Waals surface area contributed by atoms with Crippen LogP contribution in [0.25, 0.3) is 10.9 Å². The molecule has 1 aliphatic rings. The van der Waals surface area contributed by atoms with E-state index < -0.39 is 6.04 Å². The Labute approximate surface area is 133 Å². The first kappa shape index (κ1) is 15.0. The number of hydrogen-bond acceptors (Lipinski definition) is 3. The lowest BCUT2D eigenvalue weighted by molar-refractivity contribution is -0.128. The summed E-state index contributed by atoms with van der Waals surface area (Å²) in [5.41, 5.74) is 2.30. The summed E-state index contributed by atoms with van der Waals surface area (Å²) in [6, 6.07) is 7.71. The van der Waals surface area contributed by atoms with Gasteiger partial charge in [-0.25, -0.2) is 0 Å². The van der Waals surface area contributed by atoms with E-state index in [0.717, 1.165) is 17.7 Å². The molecule has 2 amide bonds. The second-order valence-electron chi connectivity index (χ2n) is 5.35. The number of H-pyrrole nitrogens is 1. The van der Waals surface area contributed by atoms with Gasteiger partial charge in [0.15, 0.2) is 0 Å². The van der Waals surface area contributed by atoms with E-state index in [9.17, 15) is 9.59 Å². The summed E-state index contributed by atoms with van der Waals surface area (Å²) in [6.45, 7) is 0.567. The zero-order valence-corrected chi connectivity index (χ0v) is 13.0. The van der Waals surface area contributed by atoms with Crippen LogP contribution in [0.4, 0.5) is 0 Å². The van der Waals surface area contributed by atoms with Crippen LogP contribution < -0.4 is 10.6 Å². The van der Waals surface area contributed by atoms with Gasteiger partial charge in [-0.15, -0.1) is 0 Å². The topological polar surface area (TPSA) is 74.0 Å². The molecule has 6 heteroatoms. The van der Waals surface area contributed by atoms with E-state index >= 15 is 0 Å². The Hall–Kier alpha value is -1.95. The Morgan fingerprint density at radius 2 is 2.23 bits per heavy atom. The van der Waals surface area contributed by atoms with Crippen molar-refractivity contribution in [2.24, 2.45) is 0 Å². The molecule has 116 valence electrons. The Morgan fingerprint density at radius 1 is 1.36 bits per heavy atom. The van der Waals surface area contributed by atoms with Gasteiger partial charge in [0.25, 0.3) is 0 Å². The Balaban J connectivity index is 1.54. The van der Waals surface area contributed by atoms with Gasteiger partial charge in [0, 0.05) is 41.6 Å². The molecule has 0 aliphatic carbocycles. The van der Waals surface area contributed by atoms with Crippen LogP contribution in [0.2, 0.25) is 0 Å². The van der Waals surface area contributed by atoms with Crippen LogP contribution in [-0.2, 0) is 16.0 Å². The number of nitrogens with one attached hydrogen (secondary N) is 3. The summed E-state index contributed by atoms with van der Waals surface area (Å²) in [7, 11) is 0. The minimum atomic E-state index is -0.414. The molecule has 3 rings (SSSR count). The number of thioether (sulfide) groups is 1. The number of benzene rings is 1. The maximum Gasteiger partial charge on any atom is 0.243 e. The number of carbonyl (C=O) groups excluding carboxylic acids is 2. The van der Waals surface area contributed by atoms with Crippen LogP contribution in [0, 0.1) is 0 Å². The molecule has 0 bridgehead atoms. The van der Waals surface area contributed by atoms with Crippen LogP contribution in [0.1, 0.15) is 12.0 Å². The predicted octanol–water partition coefficient (Wildman–Crippen LogP) is 1.45. The lowest BCUT2D eigenvalue weighted by Gasteiger charge is -2.15. The molecule has 5 nitrogen and oxygen atoms in total. The van der Waals surface area contributed by atoms with Gasteiger partial charge in [-0.05, 0) is 18.1 Å². The second kappa shape index (κ2) is 6.87. The average Bonchev–Trinajstić information content (AvgIpc) is 2.80. The van der Waals surface area contributed by atoms with E-state index in [4.69, 9.17) is 0 Å². The highest BCUT2D eigenvalue weighted by atomic mass is 32.2. The van der Waals surface area contributed by atoms with Crippen LogP contribution in [0.15, 0.2) is 30.5 Å². The molecular weight excluding hydrogens is 298 g/mol. The lowest BCUT2D eigenvalue weighted by atomic mass is 10.1. The molecule has 1 atom stereocenters. The number of carbonyl (C=O) groups is 2. The molecule has 3 N–H and O–H groups in total. The van der Waals surface area contributed by atoms with Gasteiger partial charge in [0.2, 0.25) is 11.8 Å². The molecule has 1 saturated heterocycles. The number of aromatic nitrogens is 1. The molecule has 1 aliphatic heterocycles. The van der Waals surface area contributed by atoms with Crippen LogP contribution in [0.5, 0.6) is 0 Å². The summed E-state index contributed by atoms with van der Waals surface area (Å²) >= 11 is 1.64. The third-order valence-corrected chi connectivity index (χ3v) is 4.84. The van der Waals surface area contributed by atoms with Crippen molar-refractivity contribution in [3.63, 3.8) is 0 Å². The quantitative estimate of drug-likeness (QED) is 0.799. The molecule has 1 unspecified atom stereocenters. The van der Waals surface area contributed by atoms with Crippen LogP contribution >= 0.6 is 11.8 Å². The first-order valence-corrected chi connectivity index (χ1v) is 8.59. The van der Waals surface area contributed by atoms with Crippen molar-refractivity contribution in [2.45, 2.75) is 18.9 Å². The van der Waals surface area contributed by atoms with E-state index in [1.54, 1.807) is 11.8 Å². The Kier molecular flexibility index (Phi) is 4.68. The third kappa shape index (κ3) is 3.44. The summed E-state index contributed by atoms with van der Waals surface area (Å²) in [5.74, 6) is 1.29. The van der Waals surface area contributed by atoms with E-state index in [-0.39, 0.29) is 11.8 Å². The molecule has 1 fully saturated rings. The van der Waals surface area contributed by atoms with E-state index in [1.165, 1.54) is 10.9 Å². The summed E-state index contributed by atoms with van der Waals surface area (Å²) in [6.07, 6.45) is 3.24. The summed E-state index contributed by atoms with van der Waals surface area (Å²) in [5, 5.41) is 6.89. The molecule has 22 heavy (non-hydrogen) atoms. The molecule has 2 heterocycles. The van der Waals surface area contributed by atoms with Gasteiger partial charge in [-0.2, -0.15) is 11.8 Å². The number of aromatic amines is 1. The number of hydrogen-bond donors (Lipinski definition) is 3. The van der Waals surface area contributed by atoms with E-state index in [2.05, 4.69) is 21.7 Å². The van der Waals surface area contributed by atoms with Crippen molar-refractivity contribution in [3.8, 4) is 0 Å². The number of fused-ring (bicyclic) bond motifs is 1. The smallest absolute Gasteiger partial charge is 0.243 e. The molecular formula is C16H19N3O2S. The molecule has 1 aromatic carbocycles. The Morgan fingerprint density at radius 3 is 3.14 bits per heavy atom. The molecule has 2 aromatic rings. The highest BCUT2D eigenvalue weighted by molar-refractivity contribution is 7.99. The van der Waals surface area contributed by atoms with Crippen molar-refractivity contribution in [1.29, 1.82) is 0 Å². The van der Waals surface area contributed by atoms with Crippen molar-refractivity contribution in [1.82, 2.24) is 15.6 Å². The van der Waals surface area contributed by atoms with Gasteiger partial charge in [-0.1, -0.05) is 18.2 Å². The predicted molar refractivity (Wildman–Crippen MR) is 88.9 cm³/mol. The van der Waals surface area contributed by atoms with Crippen molar-refractivity contribution < 1.29 is 9.59 Å². The summed E-state index contributed by atoms with van der Waals surface area (Å²) in [4.78, 5) is 26.9. The summed E-state index contributed by atoms with van der Waals surface area (Å²) < 4.78 is 0. The largest absolute Gasteiger partial charge is 0.361 e. The highest BCUT2D eigenvalue weighted by Gasteiger charge is 2.22. The third-order valence-electron chi connectivity index (χ3n) is 3.78. The maximum atomic E-state index is 12.1. The number of rotatable bonds is 4. The normalized spacial score (nSPS) is 18.7. The van der Waals surface area contributed by atoms with E-state index in [0.29, 0.717) is 18.7 Å². The lowest BCUT2D eigenvalue weighted by Crippen LogP contribution is -2.47. The fraction of sp³-hybridized carbons (Fsp3) is 0.375. The fourth-order valence-electron chi connectivity index (χ4n) is 2.60. The number of amides is 2. The fourth-order valence-corrected chi connectivity index (χ4v) is 3.56. The second-order valence-corrected chi connectivity index (χ2v) is 6.50. The molecule has 0 saturated carbocycles. The molecule has 1 aromatic heterocycles. The first-order chi connectivity index (χ1) is 10.7. The van der Waals surface area contributed by atoms with E-state index in [1.807, 2.05) is 24.4 Å². The zero-order chi connectivity index (χ0) is 15.4. The van der Waals surface area contributed by atoms with Gasteiger partial charge >= 0.3 is 0 Å². The van der Waals surface area contributed by atoms with Gasteiger partial charge in [0.05, 0.1) is 0 Å². The molecule has 0 radical (unpaired) electrons. The van der Waals surface area contributed by atoms with Crippen LogP contribution in [0.3, 0.4) is 0 Å². The van der Waals surface area contributed by atoms with Crippen molar-refractivity contribution >= 4 is 34.5 Å². The first-order valence-electron chi connectivity index (χ1n) is 7.44. The Bertz CT molecular complexity index is 683. The SMILES string of the molecule is O=C1CCSCC(C(=O)NCCc2c[nH]c3ccccc23)N1. The van der Waals surface area contributed by atoms with Gasteiger partial charge < -0.3 is 15.6 Å². The average molecular weight is 317 g/mol. The number of para-hydroxylation sites is 1. The van der Waals surface area contributed by atoms with Crippen molar-refractivity contribution in [2.75, 3.05) is 18.1 Å². The maximum absolute atomic E-state index is 12.1. The van der Waals surface area contributed by atoms with Crippen LogP contribution in [-0.4, -0.2) is 40.9 Å². The highest BCUT2D eigenvalue weighted by Crippen LogP contribution is 2.17. The monoisotopic (exact) mass is 317 g/mol. The zero-order valence-electron chi connectivity index (χ0n) is 12.2. The van der Waals surface area contributed by atoms with Crippen molar-refractivity contribution in [3.05, 3.63) is 36.0 Å². The van der Waals surface area contributed by atoms with Gasteiger partial charge in [0.1, 0.15) is 6.04 Å².